The van der Waals surface area contributed by atoms with Gasteiger partial charge in [0.15, 0.2) is 0 Å². The van der Waals surface area contributed by atoms with E-state index in [1.807, 2.05) is 45.2 Å². The van der Waals surface area contributed by atoms with Gasteiger partial charge in [0.1, 0.15) is 5.75 Å². The second kappa shape index (κ2) is 7.14. The standard InChI is InChI=1S/C15H25N3O2/c1-5-17-15(2,14(16)19)9-10-18(3)12-7-6-8-13(11-12)20-4/h6-8,11,17H,5,9-10H2,1-4H3,(H2,16,19). The zero-order valence-electron chi connectivity index (χ0n) is 12.8. The number of nitrogens with zero attached hydrogens (tertiary/aromatic N) is 1. The van der Waals surface area contributed by atoms with Gasteiger partial charge < -0.3 is 20.7 Å². The minimum atomic E-state index is -0.679. The Morgan fingerprint density at radius 1 is 1.50 bits per heavy atom. The number of methoxy groups -OCH3 is 1. The molecule has 0 aliphatic carbocycles. The van der Waals surface area contributed by atoms with Crippen molar-refractivity contribution in [1.29, 1.82) is 0 Å². The van der Waals surface area contributed by atoms with Gasteiger partial charge in [-0.15, -0.1) is 0 Å². The normalized spacial score (nSPS) is 13.6. The minimum absolute atomic E-state index is 0.321. The second-order valence-electron chi connectivity index (χ2n) is 5.10. The number of nitrogens with one attached hydrogen (secondary N) is 1. The van der Waals surface area contributed by atoms with Crippen molar-refractivity contribution < 1.29 is 9.53 Å². The number of primary amides is 1. The first kappa shape index (κ1) is 16.3. The highest BCUT2D eigenvalue weighted by molar-refractivity contribution is 5.84. The van der Waals surface area contributed by atoms with E-state index in [0.717, 1.165) is 18.0 Å². The Labute approximate surface area is 121 Å². The van der Waals surface area contributed by atoms with Crippen molar-refractivity contribution in [3.63, 3.8) is 0 Å². The lowest BCUT2D eigenvalue weighted by atomic mass is 9.96. The highest BCUT2D eigenvalue weighted by Crippen LogP contribution is 2.21. The molecule has 0 bridgehead atoms. The third kappa shape index (κ3) is 4.13. The van der Waals surface area contributed by atoms with Crippen molar-refractivity contribution in [2.75, 3.05) is 32.1 Å². The molecule has 1 amide bonds. The van der Waals surface area contributed by atoms with E-state index in [-0.39, 0.29) is 5.91 Å². The van der Waals surface area contributed by atoms with Crippen LogP contribution in [-0.4, -0.2) is 38.7 Å². The van der Waals surface area contributed by atoms with Crippen molar-refractivity contribution in [3.05, 3.63) is 24.3 Å². The van der Waals surface area contributed by atoms with Crippen LogP contribution < -0.4 is 20.7 Å². The van der Waals surface area contributed by atoms with Crippen LogP contribution in [0.2, 0.25) is 0 Å². The van der Waals surface area contributed by atoms with Crippen LogP contribution >= 0.6 is 0 Å². The van der Waals surface area contributed by atoms with Crippen molar-refractivity contribution in [2.24, 2.45) is 5.73 Å². The number of benzene rings is 1. The quantitative estimate of drug-likeness (QED) is 0.754. The molecule has 0 aliphatic rings. The molecule has 1 atom stereocenters. The van der Waals surface area contributed by atoms with Crippen LogP contribution in [0.25, 0.3) is 0 Å². The van der Waals surface area contributed by atoms with Gasteiger partial charge in [-0.25, -0.2) is 0 Å². The third-order valence-corrected chi connectivity index (χ3v) is 3.55. The number of amides is 1. The molecule has 1 rings (SSSR count). The fraction of sp³-hybridized carbons (Fsp3) is 0.533. The van der Waals surface area contributed by atoms with E-state index < -0.39 is 5.54 Å². The molecule has 1 unspecified atom stereocenters. The summed E-state index contributed by atoms with van der Waals surface area (Å²) in [5.41, 5.74) is 5.86. The fourth-order valence-corrected chi connectivity index (χ4v) is 2.06. The average Bonchev–Trinajstić information content (AvgIpc) is 2.45. The predicted octanol–water partition coefficient (Wildman–Crippen LogP) is 1.38. The van der Waals surface area contributed by atoms with E-state index >= 15 is 0 Å². The molecule has 5 nitrogen and oxygen atoms in total. The van der Waals surface area contributed by atoms with Gasteiger partial charge in [-0.2, -0.15) is 0 Å². The number of carbonyl (C=O) groups is 1. The Bertz CT molecular complexity index is 450. The van der Waals surface area contributed by atoms with Crippen molar-refractivity contribution in [2.45, 2.75) is 25.8 Å². The Hall–Kier alpha value is -1.75. The Morgan fingerprint density at radius 3 is 2.75 bits per heavy atom. The zero-order valence-corrected chi connectivity index (χ0v) is 12.8. The van der Waals surface area contributed by atoms with Gasteiger partial charge in [0, 0.05) is 25.3 Å². The second-order valence-corrected chi connectivity index (χ2v) is 5.10. The summed E-state index contributed by atoms with van der Waals surface area (Å²) in [5, 5.41) is 3.16. The van der Waals surface area contributed by atoms with Crippen molar-refractivity contribution in [3.8, 4) is 5.75 Å². The first-order valence-corrected chi connectivity index (χ1v) is 6.83. The Kier molecular flexibility index (Phi) is 5.82. The van der Waals surface area contributed by atoms with E-state index in [0.29, 0.717) is 13.0 Å². The van der Waals surface area contributed by atoms with Crippen molar-refractivity contribution in [1.82, 2.24) is 5.32 Å². The molecule has 0 saturated heterocycles. The van der Waals surface area contributed by atoms with Gasteiger partial charge in [-0.3, -0.25) is 4.79 Å². The summed E-state index contributed by atoms with van der Waals surface area (Å²) >= 11 is 0. The van der Waals surface area contributed by atoms with E-state index in [4.69, 9.17) is 10.5 Å². The fourth-order valence-electron chi connectivity index (χ4n) is 2.06. The summed E-state index contributed by atoms with van der Waals surface area (Å²) in [5.74, 6) is 0.497. The molecule has 0 radical (unpaired) electrons. The summed E-state index contributed by atoms with van der Waals surface area (Å²) in [7, 11) is 3.64. The molecule has 5 heteroatoms. The topological polar surface area (TPSA) is 67.6 Å². The minimum Gasteiger partial charge on any atom is -0.497 e. The molecular weight excluding hydrogens is 254 g/mol. The van der Waals surface area contributed by atoms with Crippen LogP contribution in [-0.2, 0) is 4.79 Å². The summed E-state index contributed by atoms with van der Waals surface area (Å²) in [6, 6.07) is 7.83. The number of anilines is 1. The van der Waals surface area contributed by atoms with Gasteiger partial charge in [0.25, 0.3) is 0 Å². The van der Waals surface area contributed by atoms with Gasteiger partial charge in [-0.1, -0.05) is 13.0 Å². The van der Waals surface area contributed by atoms with Crippen LogP contribution in [0.4, 0.5) is 5.69 Å². The first-order chi connectivity index (χ1) is 9.42. The largest absolute Gasteiger partial charge is 0.497 e. The molecule has 1 aromatic carbocycles. The number of hydrogen-bond acceptors (Lipinski definition) is 4. The number of likely N-dealkylation sites (N-methyl/N-ethyl adjacent to an activating group) is 1. The molecule has 0 aromatic heterocycles. The van der Waals surface area contributed by atoms with Crippen LogP contribution in [0.1, 0.15) is 20.3 Å². The maximum Gasteiger partial charge on any atom is 0.237 e. The van der Waals surface area contributed by atoms with Gasteiger partial charge in [0.05, 0.1) is 12.6 Å². The van der Waals surface area contributed by atoms with Crippen molar-refractivity contribution >= 4 is 11.6 Å². The van der Waals surface area contributed by atoms with Gasteiger partial charge >= 0.3 is 0 Å². The van der Waals surface area contributed by atoms with Gasteiger partial charge in [0.2, 0.25) is 5.91 Å². The lowest BCUT2D eigenvalue weighted by molar-refractivity contribution is -0.123. The van der Waals surface area contributed by atoms with E-state index in [1.165, 1.54) is 0 Å². The molecule has 0 saturated carbocycles. The lowest BCUT2D eigenvalue weighted by Gasteiger charge is -2.30. The number of ether oxygens (including phenoxy) is 1. The lowest BCUT2D eigenvalue weighted by Crippen LogP contribution is -2.54. The molecule has 112 valence electrons. The van der Waals surface area contributed by atoms with Crippen LogP contribution in [0.5, 0.6) is 5.75 Å². The van der Waals surface area contributed by atoms with Crippen LogP contribution in [0.3, 0.4) is 0 Å². The molecule has 20 heavy (non-hydrogen) atoms. The maximum absolute atomic E-state index is 11.6. The molecular formula is C15H25N3O2. The maximum atomic E-state index is 11.6. The smallest absolute Gasteiger partial charge is 0.237 e. The number of rotatable bonds is 8. The zero-order chi connectivity index (χ0) is 15.2. The summed E-state index contributed by atoms with van der Waals surface area (Å²) in [6.45, 7) is 5.24. The monoisotopic (exact) mass is 279 g/mol. The van der Waals surface area contributed by atoms with Gasteiger partial charge in [-0.05, 0) is 32.0 Å². The van der Waals surface area contributed by atoms with Crippen LogP contribution in [0.15, 0.2) is 24.3 Å². The third-order valence-electron chi connectivity index (χ3n) is 3.55. The van der Waals surface area contributed by atoms with E-state index in [9.17, 15) is 4.79 Å². The molecule has 0 aliphatic heterocycles. The number of carbonyl (C=O) groups excluding carboxylic acids is 1. The highest BCUT2D eigenvalue weighted by Gasteiger charge is 2.29. The molecule has 0 fully saturated rings. The number of hydrogen-bond donors (Lipinski definition) is 2. The summed E-state index contributed by atoms with van der Waals surface area (Å²) < 4.78 is 5.21. The molecule has 0 spiro atoms. The Balaban J connectivity index is 2.69. The first-order valence-electron chi connectivity index (χ1n) is 6.83. The summed E-state index contributed by atoms with van der Waals surface area (Å²) in [6.07, 6.45) is 0.643. The average molecular weight is 279 g/mol. The number of nitrogens with two attached hydrogens (primary N) is 1. The SMILES string of the molecule is CCNC(C)(CCN(C)c1cccc(OC)c1)C(N)=O. The molecule has 0 heterocycles. The highest BCUT2D eigenvalue weighted by atomic mass is 16.5. The van der Waals surface area contributed by atoms with Crippen LogP contribution in [0, 0.1) is 0 Å². The van der Waals surface area contributed by atoms with E-state index in [2.05, 4.69) is 10.2 Å². The Morgan fingerprint density at radius 2 is 2.20 bits per heavy atom. The molecule has 1 aromatic rings. The van der Waals surface area contributed by atoms with E-state index in [1.54, 1.807) is 7.11 Å². The molecule has 3 N–H and O–H groups in total. The predicted molar refractivity (Wildman–Crippen MR) is 82.2 cm³/mol. The summed E-state index contributed by atoms with van der Waals surface area (Å²) in [4.78, 5) is 13.7.